The van der Waals surface area contributed by atoms with Gasteiger partial charge in [-0.2, -0.15) is 39.5 Å². The third-order valence-electron chi connectivity index (χ3n) is 1.94. The molecule has 0 spiro atoms. The fraction of sp³-hybridized carbons (Fsp3) is 0.778. The summed E-state index contributed by atoms with van der Waals surface area (Å²) in [6.45, 7) is 0. The molecule has 1 atom stereocenters. The molecule has 0 N–H and O–H groups in total. The van der Waals surface area contributed by atoms with Crippen molar-refractivity contribution in [3.8, 4) is 0 Å². The Kier molecular flexibility index (Phi) is 7.97. The first-order chi connectivity index (χ1) is 10.4. The molecule has 144 valence electrons. The summed E-state index contributed by atoms with van der Waals surface area (Å²) in [7, 11) is 0.898. The Morgan fingerprint density at radius 2 is 1.08 bits per heavy atom. The van der Waals surface area contributed by atoms with E-state index in [0.29, 0.717) is 7.11 Å². The van der Waals surface area contributed by atoms with Crippen LogP contribution in [-0.2, 0) is 19.1 Å². The predicted molar refractivity (Wildman–Crippen MR) is 50.9 cm³/mol. The zero-order chi connectivity index (χ0) is 20.1. The Balaban J connectivity index is 0. The quantitative estimate of drug-likeness (QED) is 0.539. The van der Waals surface area contributed by atoms with E-state index >= 15 is 0 Å². The number of alkyl halides is 11. The Bertz CT molecular complexity index is 422. The average molecular weight is 388 g/mol. The predicted octanol–water partition coefficient (Wildman–Crippen LogP) is 3.05. The van der Waals surface area contributed by atoms with E-state index < -0.39 is 42.3 Å². The molecule has 0 amide bonds. The lowest BCUT2D eigenvalue weighted by Gasteiger charge is -2.26. The standard InChI is InChI=1S/C5H3F7O2.C4H4F4O2/c1-14-2(13)3(6,4(7,8)9)5(10,11)12;1-10-3(9)2(5)4(6,7)8/h1H3;2H,1H3. The highest BCUT2D eigenvalue weighted by molar-refractivity contribution is 5.81. The van der Waals surface area contributed by atoms with Crippen LogP contribution in [0.3, 0.4) is 0 Å². The van der Waals surface area contributed by atoms with Crippen molar-refractivity contribution in [3.63, 3.8) is 0 Å². The molecule has 0 aromatic heterocycles. The van der Waals surface area contributed by atoms with Crippen molar-refractivity contribution in [2.24, 2.45) is 0 Å². The summed E-state index contributed by atoms with van der Waals surface area (Å²) >= 11 is 0. The topological polar surface area (TPSA) is 52.6 Å². The van der Waals surface area contributed by atoms with Crippen molar-refractivity contribution in [3.05, 3.63) is 0 Å². The van der Waals surface area contributed by atoms with Gasteiger partial charge in [-0.05, 0) is 0 Å². The van der Waals surface area contributed by atoms with E-state index in [1.165, 1.54) is 0 Å². The number of hydrogen-bond acceptors (Lipinski definition) is 4. The fourth-order valence-corrected chi connectivity index (χ4v) is 0.770. The van der Waals surface area contributed by atoms with Crippen LogP contribution in [0.5, 0.6) is 0 Å². The van der Waals surface area contributed by atoms with Gasteiger partial charge in [0, 0.05) is 0 Å². The third-order valence-corrected chi connectivity index (χ3v) is 1.94. The molecular formula is C9H7F11O4. The van der Waals surface area contributed by atoms with Crippen molar-refractivity contribution < 1.29 is 67.4 Å². The minimum atomic E-state index is -6.40. The summed E-state index contributed by atoms with van der Waals surface area (Å²) in [6, 6.07) is 0. The van der Waals surface area contributed by atoms with E-state index in [9.17, 15) is 57.9 Å². The molecule has 0 aromatic rings. The second-order valence-electron chi connectivity index (χ2n) is 3.57. The summed E-state index contributed by atoms with van der Waals surface area (Å²) < 4.78 is 134. The Hall–Kier alpha value is -1.83. The summed E-state index contributed by atoms with van der Waals surface area (Å²) in [5, 5.41) is 0. The molecule has 0 saturated heterocycles. The van der Waals surface area contributed by atoms with Crippen molar-refractivity contribution in [1.82, 2.24) is 0 Å². The molecule has 0 aliphatic carbocycles. The summed E-state index contributed by atoms with van der Waals surface area (Å²) in [5.41, 5.74) is -5.98. The van der Waals surface area contributed by atoms with E-state index in [2.05, 4.69) is 9.47 Å². The highest BCUT2D eigenvalue weighted by atomic mass is 19.4. The summed E-state index contributed by atoms with van der Waals surface area (Å²) in [5.74, 6) is -4.97. The first-order valence-electron chi connectivity index (χ1n) is 5.07. The molecule has 0 bridgehead atoms. The highest BCUT2D eigenvalue weighted by Gasteiger charge is 2.78. The summed E-state index contributed by atoms with van der Waals surface area (Å²) in [4.78, 5) is 19.9. The smallest absolute Gasteiger partial charge is 0.442 e. The molecule has 0 saturated carbocycles. The number of carbonyl (C=O) groups excluding carboxylic acids is 2. The molecule has 4 nitrogen and oxygen atoms in total. The maximum Gasteiger partial charge on any atom is 0.442 e. The number of halogens is 11. The molecule has 0 rings (SSSR count). The Labute approximate surface area is 125 Å². The van der Waals surface area contributed by atoms with E-state index in [4.69, 9.17) is 0 Å². The maximum atomic E-state index is 12.5. The minimum Gasteiger partial charge on any atom is -0.467 e. The molecule has 0 aromatic carbocycles. The second kappa shape index (κ2) is 7.83. The van der Waals surface area contributed by atoms with Crippen LogP contribution < -0.4 is 0 Å². The minimum absolute atomic E-state index is 0.216. The SMILES string of the molecule is COC(=O)C(F)(C(F)(F)F)C(F)(F)F.COC(=O)C(F)C(F)(F)F. The monoisotopic (exact) mass is 388 g/mol. The van der Waals surface area contributed by atoms with Gasteiger partial charge in [0.05, 0.1) is 14.2 Å². The van der Waals surface area contributed by atoms with Crippen molar-refractivity contribution in [2.75, 3.05) is 14.2 Å². The maximum absolute atomic E-state index is 12.5. The molecule has 0 aliphatic heterocycles. The number of carbonyl (C=O) groups is 2. The lowest BCUT2D eigenvalue weighted by Crippen LogP contribution is -2.59. The first kappa shape index (κ1) is 24.4. The van der Waals surface area contributed by atoms with Gasteiger partial charge >= 0.3 is 36.1 Å². The van der Waals surface area contributed by atoms with Crippen LogP contribution in [-0.4, -0.2) is 56.5 Å². The zero-order valence-electron chi connectivity index (χ0n) is 11.4. The van der Waals surface area contributed by atoms with Crippen molar-refractivity contribution in [1.29, 1.82) is 0 Å². The fourth-order valence-electron chi connectivity index (χ4n) is 0.770. The largest absolute Gasteiger partial charge is 0.467 e. The van der Waals surface area contributed by atoms with E-state index in [-0.39, 0.29) is 7.11 Å². The van der Waals surface area contributed by atoms with Crippen LogP contribution in [0.4, 0.5) is 48.3 Å². The number of esters is 2. The van der Waals surface area contributed by atoms with Gasteiger partial charge in [-0.25, -0.2) is 18.4 Å². The highest BCUT2D eigenvalue weighted by Crippen LogP contribution is 2.46. The first-order valence-corrected chi connectivity index (χ1v) is 5.07. The van der Waals surface area contributed by atoms with Crippen LogP contribution in [0, 0.1) is 0 Å². The molecule has 0 radical (unpaired) electrons. The lowest BCUT2D eigenvalue weighted by molar-refractivity contribution is -0.332. The van der Waals surface area contributed by atoms with E-state index in [1.807, 2.05) is 0 Å². The number of rotatable bonds is 2. The Morgan fingerprint density at radius 3 is 1.17 bits per heavy atom. The van der Waals surface area contributed by atoms with E-state index in [0.717, 1.165) is 0 Å². The van der Waals surface area contributed by atoms with Gasteiger partial charge in [-0.15, -0.1) is 0 Å². The molecule has 15 heteroatoms. The molecule has 0 fully saturated rings. The molecule has 0 aliphatic rings. The molecule has 1 unspecified atom stereocenters. The number of ether oxygens (including phenoxy) is 2. The molecule has 0 heterocycles. The van der Waals surface area contributed by atoms with Crippen LogP contribution in [0.15, 0.2) is 0 Å². The zero-order valence-corrected chi connectivity index (χ0v) is 11.4. The van der Waals surface area contributed by atoms with Crippen molar-refractivity contribution >= 4 is 11.9 Å². The third kappa shape index (κ3) is 5.67. The van der Waals surface area contributed by atoms with Gasteiger partial charge in [0.2, 0.25) is 0 Å². The summed E-state index contributed by atoms with van der Waals surface area (Å²) in [6.07, 6.45) is -21.5. The second-order valence-corrected chi connectivity index (χ2v) is 3.57. The lowest BCUT2D eigenvalue weighted by atomic mass is 10.1. The Morgan fingerprint density at radius 1 is 0.750 bits per heavy atom. The van der Waals surface area contributed by atoms with Gasteiger partial charge in [0.15, 0.2) is 0 Å². The van der Waals surface area contributed by atoms with Gasteiger partial charge in [-0.3, -0.25) is 0 Å². The van der Waals surface area contributed by atoms with Crippen LogP contribution in [0.25, 0.3) is 0 Å². The molecular weight excluding hydrogens is 381 g/mol. The average Bonchev–Trinajstić information content (AvgIpc) is 2.40. The number of methoxy groups -OCH3 is 2. The van der Waals surface area contributed by atoms with Crippen molar-refractivity contribution in [2.45, 2.75) is 30.4 Å². The van der Waals surface area contributed by atoms with Crippen LogP contribution in [0.1, 0.15) is 0 Å². The van der Waals surface area contributed by atoms with Gasteiger partial charge in [-0.1, -0.05) is 0 Å². The van der Waals surface area contributed by atoms with E-state index in [1.54, 1.807) is 0 Å². The van der Waals surface area contributed by atoms with Crippen LogP contribution in [0.2, 0.25) is 0 Å². The molecule has 24 heavy (non-hydrogen) atoms. The number of hydrogen-bond donors (Lipinski definition) is 0. The van der Waals surface area contributed by atoms with Gasteiger partial charge in [0.25, 0.3) is 6.17 Å². The van der Waals surface area contributed by atoms with Crippen LogP contribution >= 0.6 is 0 Å². The normalized spacial score (nSPS) is 14.2. The van der Waals surface area contributed by atoms with Gasteiger partial charge < -0.3 is 9.47 Å². The van der Waals surface area contributed by atoms with Gasteiger partial charge in [0.1, 0.15) is 0 Å².